The van der Waals surface area contributed by atoms with Gasteiger partial charge in [0.15, 0.2) is 0 Å². The van der Waals surface area contributed by atoms with Gasteiger partial charge in [-0.05, 0) is 60.7 Å². The molecule has 0 saturated heterocycles. The molecule has 1 aliphatic carbocycles. The van der Waals surface area contributed by atoms with E-state index < -0.39 is 0 Å². The van der Waals surface area contributed by atoms with Gasteiger partial charge in [0.1, 0.15) is 5.75 Å². The molecule has 2 aromatic carbocycles. The van der Waals surface area contributed by atoms with Crippen LogP contribution in [0.5, 0.6) is 5.75 Å². The van der Waals surface area contributed by atoms with Crippen LogP contribution < -0.4 is 10.1 Å². The third-order valence-electron chi connectivity index (χ3n) is 4.08. The summed E-state index contributed by atoms with van der Waals surface area (Å²) in [4.78, 5) is 12.6. The van der Waals surface area contributed by atoms with Crippen LogP contribution in [0, 0.1) is 12.8 Å². The lowest BCUT2D eigenvalue weighted by Gasteiger charge is -2.14. The maximum Gasteiger partial charge on any atom is 0.228 e. The van der Waals surface area contributed by atoms with Gasteiger partial charge in [-0.3, -0.25) is 4.79 Å². The summed E-state index contributed by atoms with van der Waals surface area (Å²) in [7, 11) is 1.61. The molecule has 0 aliphatic heterocycles. The second-order valence-electron chi connectivity index (χ2n) is 5.71. The number of aryl methyl sites for hydroxylation is 1. The summed E-state index contributed by atoms with van der Waals surface area (Å²) in [6.45, 7) is 2.00. The molecule has 0 radical (unpaired) electrons. The normalized spacial score (nSPS) is 16.2. The highest BCUT2D eigenvalue weighted by Gasteiger charge is 2.28. The van der Waals surface area contributed by atoms with Gasteiger partial charge in [0.2, 0.25) is 5.91 Å². The highest BCUT2D eigenvalue weighted by Crippen LogP contribution is 2.31. The molecule has 22 heavy (non-hydrogen) atoms. The third-order valence-corrected chi connectivity index (χ3v) is 4.58. The molecule has 3 nitrogen and oxygen atoms in total. The van der Waals surface area contributed by atoms with Crippen molar-refractivity contribution in [2.45, 2.75) is 19.8 Å². The zero-order chi connectivity index (χ0) is 15.7. The van der Waals surface area contributed by atoms with Gasteiger partial charge in [0, 0.05) is 10.4 Å². The number of fused-ring (bicyclic) bond motifs is 1. The van der Waals surface area contributed by atoms with Gasteiger partial charge in [0.25, 0.3) is 0 Å². The molecule has 0 saturated carbocycles. The van der Waals surface area contributed by atoms with Gasteiger partial charge in [-0.2, -0.15) is 0 Å². The second-order valence-corrected chi connectivity index (χ2v) is 6.63. The van der Waals surface area contributed by atoms with E-state index in [4.69, 9.17) is 4.74 Å². The van der Waals surface area contributed by atoms with Crippen molar-refractivity contribution in [3.8, 4) is 5.75 Å². The van der Waals surface area contributed by atoms with Crippen molar-refractivity contribution < 1.29 is 9.53 Å². The minimum atomic E-state index is -0.0190. The van der Waals surface area contributed by atoms with Crippen molar-refractivity contribution in [3.63, 3.8) is 0 Å². The smallest absolute Gasteiger partial charge is 0.228 e. The van der Waals surface area contributed by atoms with Crippen LogP contribution in [-0.4, -0.2) is 13.0 Å². The number of hydrogen-bond acceptors (Lipinski definition) is 2. The van der Waals surface area contributed by atoms with Crippen molar-refractivity contribution in [1.82, 2.24) is 0 Å². The maximum atomic E-state index is 12.6. The van der Waals surface area contributed by atoms with Crippen LogP contribution in [0.3, 0.4) is 0 Å². The van der Waals surface area contributed by atoms with Crippen molar-refractivity contribution in [1.29, 1.82) is 0 Å². The van der Waals surface area contributed by atoms with Gasteiger partial charge in [-0.15, -0.1) is 0 Å². The summed E-state index contributed by atoms with van der Waals surface area (Å²) >= 11 is 3.49. The topological polar surface area (TPSA) is 38.3 Å². The van der Waals surface area contributed by atoms with Crippen LogP contribution in [0.1, 0.15) is 16.7 Å². The summed E-state index contributed by atoms with van der Waals surface area (Å²) in [6, 6.07) is 12.0. The number of nitrogens with one attached hydrogen (secondary N) is 1. The lowest BCUT2D eigenvalue weighted by Crippen LogP contribution is -2.23. The van der Waals surface area contributed by atoms with E-state index in [1.807, 2.05) is 31.2 Å². The third kappa shape index (κ3) is 3.02. The fraction of sp³-hybridized carbons (Fsp3) is 0.278. The number of amides is 1. The van der Waals surface area contributed by atoms with Crippen LogP contribution in [0.15, 0.2) is 40.9 Å². The molecule has 1 unspecified atom stereocenters. The summed E-state index contributed by atoms with van der Waals surface area (Å²) in [5.74, 6) is 0.725. The van der Waals surface area contributed by atoms with Crippen LogP contribution >= 0.6 is 15.9 Å². The van der Waals surface area contributed by atoms with Gasteiger partial charge < -0.3 is 10.1 Å². The zero-order valence-electron chi connectivity index (χ0n) is 12.7. The molecule has 1 N–H and O–H groups in total. The van der Waals surface area contributed by atoms with E-state index in [1.165, 1.54) is 11.1 Å². The van der Waals surface area contributed by atoms with E-state index in [1.54, 1.807) is 7.11 Å². The number of carbonyl (C=O) groups excluding carboxylic acids is 1. The Morgan fingerprint density at radius 1 is 1.18 bits per heavy atom. The standard InChI is InChI=1S/C18H18BrNO2/c1-11-3-6-17(22-2)16(7-11)20-18(21)14-8-12-4-5-15(19)10-13(12)9-14/h3-7,10,14H,8-9H2,1-2H3,(H,20,21). The number of rotatable bonds is 3. The summed E-state index contributed by atoms with van der Waals surface area (Å²) in [6.07, 6.45) is 1.58. The number of benzene rings is 2. The number of methoxy groups -OCH3 is 1. The van der Waals surface area contributed by atoms with Gasteiger partial charge >= 0.3 is 0 Å². The maximum absolute atomic E-state index is 12.6. The highest BCUT2D eigenvalue weighted by molar-refractivity contribution is 9.10. The Morgan fingerprint density at radius 2 is 1.95 bits per heavy atom. The van der Waals surface area contributed by atoms with Crippen molar-refractivity contribution in [2.24, 2.45) is 5.92 Å². The van der Waals surface area contributed by atoms with Crippen LogP contribution in [0.25, 0.3) is 0 Å². The Bertz CT molecular complexity index is 727. The zero-order valence-corrected chi connectivity index (χ0v) is 14.2. The SMILES string of the molecule is COc1ccc(C)cc1NC(=O)C1Cc2ccc(Br)cc2C1. The Kier molecular flexibility index (Phi) is 4.21. The van der Waals surface area contributed by atoms with Crippen LogP contribution in [0.4, 0.5) is 5.69 Å². The lowest BCUT2D eigenvalue weighted by molar-refractivity contribution is -0.119. The van der Waals surface area contributed by atoms with Crippen LogP contribution in [-0.2, 0) is 17.6 Å². The van der Waals surface area contributed by atoms with E-state index in [9.17, 15) is 4.79 Å². The fourth-order valence-corrected chi connectivity index (χ4v) is 3.33. The molecule has 4 heteroatoms. The molecule has 3 rings (SSSR count). The number of carbonyl (C=O) groups is 1. The molecule has 0 bridgehead atoms. The summed E-state index contributed by atoms with van der Waals surface area (Å²) < 4.78 is 6.38. The number of anilines is 1. The molecule has 0 aromatic heterocycles. The first kappa shape index (κ1) is 15.1. The Morgan fingerprint density at radius 3 is 2.73 bits per heavy atom. The van der Waals surface area contributed by atoms with Crippen LogP contribution in [0.2, 0.25) is 0 Å². The van der Waals surface area contributed by atoms with E-state index in [-0.39, 0.29) is 11.8 Å². The average molecular weight is 360 g/mol. The molecule has 1 amide bonds. The largest absolute Gasteiger partial charge is 0.495 e. The molecule has 0 fully saturated rings. The Balaban J connectivity index is 1.75. The Labute approximate surface area is 138 Å². The molecule has 2 aromatic rings. The highest BCUT2D eigenvalue weighted by atomic mass is 79.9. The van der Waals surface area contributed by atoms with Gasteiger partial charge in [-0.25, -0.2) is 0 Å². The predicted octanol–water partition coefficient (Wildman–Crippen LogP) is 4.12. The lowest BCUT2D eigenvalue weighted by atomic mass is 10.1. The van der Waals surface area contributed by atoms with E-state index in [2.05, 4.69) is 33.4 Å². The van der Waals surface area contributed by atoms with Crippen molar-refractivity contribution in [3.05, 3.63) is 57.6 Å². The van der Waals surface area contributed by atoms with E-state index in [0.29, 0.717) is 5.75 Å². The summed E-state index contributed by atoms with van der Waals surface area (Å²) in [5.41, 5.74) is 4.35. The monoisotopic (exact) mass is 359 g/mol. The average Bonchev–Trinajstić information content (AvgIpc) is 2.90. The number of halogens is 1. The predicted molar refractivity (Wildman–Crippen MR) is 91.4 cm³/mol. The van der Waals surface area contributed by atoms with Crippen molar-refractivity contribution >= 4 is 27.5 Å². The van der Waals surface area contributed by atoms with Crippen molar-refractivity contribution in [2.75, 3.05) is 12.4 Å². The first-order valence-electron chi connectivity index (χ1n) is 7.29. The minimum Gasteiger partial charge on any atom is -0.495 e. The minimum absolute atomic E-state index is 0.0190. The Hall–Kier alpha value is -1.81. The molecular formula is C18H18BrNO2. The molecule has 114 valence electrons. The van der Waals surface area contributed by atoms with Gasteiger partial charge in [-0.1, -0.05) is 28.1 Å². The number of hydrogen-bond donors (Lipinski definition) is 1. The second kappa shape index (κ2) is 6.13. The molecule has 0 heterocycles. The molecule has 1 atom stereocenters. The first-order chi connectivity index (χ1) is 10.6. The summed E-state index contributed by atoms with van der Waals surface area (Å²) in [5, 5.41) is 3.02. The van der Waals surface area contributed by atoms with E-state index in [0.717, 1.165) is 28.6 Å². The quantitative estimate of drug-likeness (QED) is 0.894. The first-order valence-corrected chi connectivity index (χ1v) is 8.09. The van der Waals surface area contributed by atoms with Gasteiger partial charge in [0.05, 0.1) is 12.8 Å². The molecule has 1 aliphatic rings. The molecule has 0 spiro atoms. The van der Waals surface area contributed by atoms with E-state index >= 15 is 0 Å². The molecular weight excluding hydrogens is 342 g/mol. The fourth-order valence-electron chi connectivity index (χ4n) is 2.93. The number of ether oxygens (including phenoxy) is 1.